The fourth-order valence-corrected chi connectivity index (χ4v) is 2.71. The number of nitrogens with one attached hydrogen (secondary N) is 1. The molecule has 0 radical (unpaired) electrons. The van der Waals surface area contributed by atoms with E-state index in [4.69, 9.17) is 4.74 Å². The van der Waals surface area contributed by atoms with Gasteiger partial charge in [0, 0.05) is 13.1 Å². The molecule has 2 heterocycles. The highest BCUT2D eigenvalue weighted by molar-refractivity contribution is 5.73. The Hall–Kier alpha value is -0.610. The molecule has 0 unspecified atom stereocenters. The van der Waals surface area contributed by atoms with Gasteiger partial charge in [0.15, 0.2) is 0 Å². The zero-order valence-electron chi connectivity index (χ0n) is 10.3. The smallest absolute Gasteiger partial charge is 0.320 e. The quantitative estimate of drug-likeness (QED) is 0.701. The number of hydrogen-bond donors (Lipinski definition) is 1. The molecule has 92 valence electrons. The van der Waals surface area contributed by atoms with E-state index in [2.05, 4.69) is 10.2 Å². The maximum absolute atomic E-state index is 11.5. The highest BCUT2D eigenvalue weighted by atomic mass is 16.6. The molecular formula is C12H22N2O2. The van der Waals surface area contributed by atoms with Gasteiger partial charge < -0.3 is 10.1 Å². The molecule has 16 heavy (non-hydrogen) atoms. The van der Waals surface area contributed by atoms with Crippen LogP contribution in [0.5, 0.6) is 0 Å². The Bertz CT molecular complexity index is 260. The average molecular weight is 226 g/mol. The van der Waals surface area contributed by atoms with Gasteiger partial charge in [-0.3, -0.25) is 9.69 Å². The maximum Gasteiger partial charge on any atom is 0.320 e. The van der Waals surface area contributed by atoms with Gasteiger partial charge in [0.25, 0.3) is 0 Å². The zero-order chi connectivity index (χ0) is 11.6. The van der Waals surface area contributed by atoms with Crippen LogP contribution in [0.3, 0.4) is 0 Å². The number of esters is 1. The van der Waals surface area contributed by atoms with Gasteiger partial charge in [-0.2, -0.15) is 0 Å². The molecule has 0 amide bonds. The molecule has 0 aliphatic carbocycles. The van der Waals surface area contributed by atoms with Crippen molar-refractivity contribution < 1.29 is 9.53 Å². The number of morpholine rings is 1. The summed E-state index contributed by atoms with van der Waals surface area (Å²) in [6, 6.07) is 0. The minimum absolute atomic E-state index is 0.0785. The van der Waals surface area contributed by atoms with Crippen LogP contribution in [0.1, 0.15) is 26.7 Å². The van der Waals surface area contributed by atoms with Gasteiger partial charge in [0.2, 0.25) is 0 Å². The summed E-state index contributed by atoms with van der Waals surface area (Å²) in [7, 11) is 0. The summed E-state index contributed by atoms with van der Waals surface area (Å²) in [5.41, 5.74) is -0.317. The number of rotatable bonds is 2. The predicted molar refractivity (Wildman–Crippen MR) is 62.2 cm³/mol. The third kappa shape index (κ3) is 3.19. The zero-order valence-corrected chi connectivity index (χ0v) is 10.3. The second-order valence-electron chi connectivity index (χ2n) is 5.60. The molecule has 2 fully saturated rings. The SMILES string of the molecule is CC1(C)CN(CC2CCNCC2)CC(=O)O1. The molecule has 0 aromatic rings. The molecule has 1 N–H and O–H groups in total. The third-order valence-corrected chi connectivity index (χ3v) is 3.32. The lowest BCUT2D eigenvalue weighted by Gasteiger charge is -2.39. The Kier molecular flexibility index (Phi) is 3.50. The molecule has 0 saturated carbocycles. The normalized spacial score (nSPS) is 27.8. The van der Waals surface area contributed by atoms with Crippen LogP contribution in [0, 0.1) is 5.92 Å². The lowest BCUT2D eigenvalue weighted by atomic mass is 9.96. The van der Waals surface area contributed by atoms with Gasteiger partial charge in [-0.25, -0.2) is 0 Å². The molecule has 2 saturated heterocycles. The Morgan fingerprint density at radius 3 is 2.75 bits per heavy atom. The van der Waals surface area contributed by atoms with Crippen molar-refractivity contribution in [3.8, 4) is 0 Å². The van der Waals surface area contributed by atoms with Crippen molar-refractivity contribution in [2.45, 2.75) is 32.3 Å². The van der Waals surface area contributed by atoms with E-state index in [1.54, 1.807) is 0 Å². The first kappa shape index (κ1) is 11.9. The molecule has 2 rings (SSSR count). The first-order valence-corrected chi connectivity index (χ1v) is 6.20. The second-order valence-corrected chi connectivity index (χ2v) is 5.60. The molecule has 0 bridgehead atoms. The summed E-state index contributed by atoms with van der Waals surface area (Å²) in [5, 5.41) is 3.37. The van der Waals surface area contributed by atoms with Crippen molar-refractivity contribution in [3.63, 3.8) is 0 Å². The third-order valence-electron chi connectivity index (χ3n) is 3.32. The molecule has 4 heteroatoms. The summed E-state index contributed by atoms with van der Waals surface area (Å²) < 4.78 is 5.30. The van der Waals surface area contributed by atoms with Crippen LogP contribution in [0.2, 0.25) is 0 Å². The summed E-state index contributed by atoms with van der Waals surface area (Å²) in [4.78, 5) is 13.7. The Balaban J connectivity index is 1.86. The molecule has 2 aliphatic heterocycles. The number of hydrogen-bond acceptors (Lipinski definition) is 4. The summed E-state index contributed by atoms with van der Waals surface area (Å²) in [6.07, 6.45) is 2.46. The van der Waals surface area contributed by atoms with Gasteiger partial charge in [-0.05, 0) is 45.7 Å². The minimum Gasteiger partial charge on any atom is -0.457 e. The topological polar surface area (TPSA) is 41.6 Å². The van der Waals surface area contributed by atoms with Crippen molar-refractivity contribution in [2.24, 2.45) is 5.92 Å². The van der Waals surface area contributed by atoms with Crippen molar-refractivity contribution in [3.05, 3.63) is 0 Å². The first-order chi connectivity index (χ1) is 7.55. The van der Waals surface area contributed by atoms with Gasteiger partial charge in [-0.15, -0.1) is 0 Å². The molecule has 4 nitrogen and oxygen atoms in total. The van der Waals surface area contributed by atoms with E-state index in [0.29, 0.717) is 6.54 Å². The first-order valence-electron chi connectivity index (χ1n) is 6.20. The Morgan fingerprint density at radius 1 is 1.44 bits per heavy atom. The van der Waals surface area contributed by atoms with Crippen LogP contribution in [-0.2, 0) is 9.53 Å². The van der Waals surface area contributed by atoms with Crippen LogP contribution in [0.4, 0.5) is 0 Å². The number of ether oxygens (including phenoxy) is 1. The molecule has 0 spiro atoms. The van der Waals surface area contributed by atoms with E-state index < -0.39 is 0 Å². The van der Waals surface area contributed by atoms with Crippen molar-refractivity contribution in [1.29, 1.82) is 0 Å². The number of carbonyl (C=O) groups excluding carboxylic acids is 1. The van der Waals surface area contributed by atoms with Gasteiger partial charge in [0.1, 0.15) is 5.60 Å². The maximum atomic E-state index is 11.5. The van der Waals surface area contributed by atoms with Crippen LogP contribution < -0.4 is 5.32 Å². The van der Waals surface area contributed by atoms with Crippen LogP contribution in [0.25, 0.3) is 0 Å². The second kappa shape index (κ2) is 4.72. The van der Waals surface area contributed by atoms with Gasteiger partial charge >= 0.3 is 5.97 Å². The van der Waals surface area contributed by atoms with E-state index in [1.807, 2.05) is 13.8 Å². The Morgan fingerprint density at radius 2 is 2.12 bits per heavy atom. The van der Waals surface area contributed by atoms with E-state index >= 15 is 0 Å². The molecule has 2 aliphatic rings. The monoisotopic (exact) mass is 226 g/mol. The average Bonchev–Trinajstić information content (AvgIpc) is 2.15. The molecule has 0 aromatic carbocycles. The van der Waals surface area contributed by atoms with Crippen molar-refractivity contribution >= 4 is 5.97 Å². The van der Waals surface area contributed by atoms with Crippen molar-refractivity contribution in [2.75, 3.05) is 32.7 Å². The fraction of sp³-hybridized carbons (Fsp3) is 0.917. The van der Waals surface area contributed by atoms with Crippen molar-refractivity contribution in [1.82, 2.24) is 10.2 Å². The lowest BCUT2D eigenvalue weighted by molar-refractivity contribution is -0.169. The predicted octanol–water partition coefficient (Wildman–Crippen LogP) is 0.623. The highest BCUT2D eigenvalue weighted by Crippen LogP contribution is 2.20. The van der Waals surface area contributed by atoms with Gasteiger partial charge in [0.05, 0.1) is 6.54 Å². The number of cyclic esters (lactones) is 1. The number of nitrogens with zero attached hydrogens (tertiary/aromatic N) is 1. The minimum atomic E-state index is -0.317. The van der Waals surface area contributed by atoms with Crippen LogP contribution in [-0.4, -0.2) is 49.2 Å². The van der Waals surface area contributed by atoms with E-state index in [0.717, 1.165) is 32.1 Å². The Labute approximate surface area is 97.3 Å². The molecule has 0 aromatic heterocycles. The molecular weight excluding hydrogens is 204 g/mol. The van der Waals surface area contributed by atoms with E-state index in [9.17, 15) is 4.79 Å². The number of carbonyl (C=O) groups is 1. The molecule has 0 atom stereocenters. The summed E-state index contributed by atoms with van der Waals surface area (Å²) >= 11 is 0. The summed E-state index contributed by atoms with van der Waals surface area (Å²) in [6.45, 7) is 8.58. The largest absolute Gasteiger partial charge is 0.457 e. The number of piperidine rings is 1. The summed E-state index contributed by atoms with van der Waals surface area (Å²) in [5.74, 6) is 0.660. The highest BCUT2D eigenvalue weighted by Gasteiger charge is 2.33. The standard InChI is InChI=1S/C12H22N2O2/c1-12(2)9-14(8-11(15)16-12)7-10-3-5-13-6-4-10/h10,13H,3-9H2,1-2H3. The van der Waals surface area contributed by atoms with Crippen LogP contribution >= 0.6 is 0 Å². The van der Waals surface area contributed by atoms with E-state index in [-0.39, 0.29) is 11.6 Å². The van der Waals surface area contributed by atoms with E-state index in [1.165, 1.54) is 12.8 Å². The fourth-order valence-electron chi connectivity index (χ4n) is 2.71. The van der Waals surface area contributed by atoms with Gasteiger partial charge in [-0.1, -0.05) is 0 Å². The lowest BCUT2D eigenvalue weighted by Crippen LogP contribution is -2.52. The van der Waals surface area contributed by atoms with Crippen LogP contribution in [0.15, 0.2) is 0 Å².